The number of nitrogens with one attached hydrogen (secondary N) is 1. The van der Waals surface area contributed by atoms with Crippen molar-refractivity contribution in [2.45, 2.75) is 0 Å². The van der Waals surface area contributed by atoms with Crippen molar-refractivity contribution < 1.29 is 18.7 Å². The van der Waals surface area contributed by atoms with Crippen molar-refractivity contribution in [3.8, 4) is 17.1 Å². The number of amides is 1. The van der Waals surface area contributed by atoms with E-state index in [2.05, 4.69) is 21.2 Å². The minimum absolute atomic E-state index is 0.0602. The van der Waals surface area contributed by atoms with Gasteiger partial charge in [0.25, 0.3) is 5.91 Å². The highest BCUT2D eigenvalue weighted by Crippen LogP contribution is 2.32. The van der Waals surface area contributed by atoms with Crippen LogP contribution < -0.4 is 10.1 Å². The van der Waals surface area contributed by atoms with Crippen LogP contribution in [0.1, 0.15) is 10.6 Å². The Morgan fingerprint density at radius 2 is 2.20 bits per heavy atom. The third-order valence-electron chi connectivity index (χ3n) is 2.59. The van der Waals surface area contributed by atoms with Crippen molar-refractivity contribution in [3.05, 3.63) is 40.6 Å². The number of hydrogen-bond donors (Lipinski definition) is 1. The smallest absolute Gasteiger partial charge is 0.257 e. The van der Waals surface area contributed by atoms with Gasteiger partial charge in [0, 0.05) is 17.1 Å². The molecule has 2 rings (SSSR count). The SMILES string of the molecule is CNC(=O)COc1ccc(Br)c(-c2ccc(C=O)o2)c1. The number of benzene rings is 1. The van der Waals surface area contributed by atoms with Gasteiger partial charge in [-0.05, 0) is 30.3 Å². The van der Waals surface area contributed by atoms with Crippen LogP contribution in [0.5, 0.6) is 5.75 Å². The summed E-state index contributed by atoms with van der Waals surface area (Å²) in [6.07, 6.45) is 0.642. The molecule has 0 atom stereocenters. The summed E-state index contributed by atoms with van der Waals surface area (Å²) in [5.74, 6) is 1.12. The second-order valence-electron chi connectivity index (χ2n) is 3.92. The van der Waals surface area contributed by atoms with E-state index in [1.807, 2.05) is 0 Å². The minimum atomic E-state index is -0.212. The van der Waals surface area contributed by atoms with Crippen molar-refractivity contribution in [2.75, 3.05) is 13.7 Å². The summed E-state index contributed by atoms with van der Waals surface area (Å²) < 4.78 is 11.5. The molecule has 0 unspecified atom stereocenters. The van der Waals surface area contributed by atoms with Crippen LogP contribution in [0.15, 0.2) is 39.2 Å². The van der Waals surface area contributed by atoms with Gasteiger partial charge >= 0.3 is 0 Å². The second kappa shape index (κ2) is 6.38. The highest BCUT2D eigenvalue weighted by atomic mass is 79.9. The standard InChI is InChI=1S/C14H12BrNO4/c1-16-14(18)8-19-9-2-4-12(15)11(6-9)13-5-3-10(7-17)20-13/h2-7H,8H2,1H3,(H,16,18). The molecule has 0 saturated carbocycles. The van der Waals surface area contributed by atoms with Crippen LogP contribution in [-0.2, 0) is 4.79 Å². The van der Waals surface area contributed by atoms with Crippen molar-refractivity contribution >= 4 is 28.1 Å². The van der Waals surface area contributed by atoms with Gasteiger partial charge in [-0.2, -0.15) is 0 Å². The molecule has 6 heteroatoms. The van der Waals surface area contributed by atoms with E-state index >= 15 is 0 Å². The Morgan fingerprint density at radius 3 is 2.85 bits per heavy atom. The van der Waals surface area contributed by atoms with E-state index in [1.54, 1.807) is 37.4 Å². The molecule has 0 aliphatic rings. The van der Waals surface area contributed by atoms with E-state index in [1.165, 1.54) is 0 Å². The van der Waals surface area contributed by atoms with Crippen LogP contribution in [-0.4, -0.2) is 25.8 Å². The van der Waals surface area contributed by atoms with E-state index in [4.69, 9.17) is 9.15 Å². The van der Waals surface area contributed by atoms with E-state index < -0.39 is 0 Å². The first-order valence-electron chi connectivity index (χ1n) is 5.82. The number of furan rings is 1. The lowest BCUT2D eigenvalue weighted by atomic mass is 10.1. The predicted molar refractivity (Wildman–Crippen MR) is 76.8 cm³/mol. The zero-order valence-electron chi connectivity index (χ0n) is 10.7. The summed E-state index contributed by atoms with van der Waals surface area (Å²) in [7, 11) is 1.54. The Bertz CT molecular complexity index is 636. The molecule has 0 fully saturated rings. The second-order valence-corrected chi connectivity index (χ2v) is 4.78. The van der Waals surface area contributed by atoms with Gasteiger partial charge in [0.15, 0.2) is 18.7 Å². The number of hydrogen-bond acceptors (Lipinski definition) is 4. The monoisotopic (exact) mass is 337 g/mol. The van der Waals surface area contributed by atoms with Crippen molar-refractivity contribution in [2.24, 2.45) is 0 Å². The Morgan fingerprint density at radius 1 is 1.40 bits per heavy atom. The molecule has 0 radical (unpaired) electrons. The molecule has 104 valence electrons. The fraction of sp³-hybridized carbons (Fsp3) is 0.143. The third kappa shape index (κ3) is 3.27. The summed E-state index contributed by atoms with van der Waals surface area (Å²) >= 11 is 3.41. The quantitative estimate of drug-likeness (QED) is 0.851. The Hall–Kier alpha value is -2.08. The van der Waals surface area contributed by atoms with Gasteiger partial charge in [-0.3, -0.25) is 9.59 Å². The molecule has 1 heterocycles. The summed E-state index contributed by atoms with van der Waals surface area (Å²) in [4.78, 5) is 21.8. The molecule has 0 saturated heterocycles. The average molecular weight is 338 g/mol. The topological polar surface area (TPSA) is 68.5 Å². The number of rotatable bonds is 5. The number of aldehydes is 1. The fourth-order valence-electron chi connectivity index (χ4n) is 1.56. The zero-order chi connectivity index (χ0) is 14.5. The van der Waals surface area contributed by atoms with Gasteiger partial charge in [-0.25, -0.2) is 0 Å². The molecule has 1 aromatic heterocycles. The van der Waals surface area contributed by atoms with Crippen LogP contribution in [0.2, 0.25) is 0 Å². The molecule has 0 bridgehead atoms. The molecule has 5 nitrogen and oxygen atoms in total. The first kappa shape index (κ1) is 14.3. The summed E-state index contributed by atoms with van der Waals surface area (Å²) in [5, 5.41) is 2.47. The van der Waals surface area contributed by atoms with Gasteiger partial charge in [-0.15, -0.1) is 0 Å². The maximum atomic E-state index is 11.1. The van der Waals surface area contributed by atoms with Gasteiger partial charge in [-0.1, -0.05) is 15.9 Å². The maximum Gasteiger partial charge on any atom is 0.257 e. The molecular formula is C14H12BrNO4. The third-order valence-corrected chi connectivity index (χ3v) is 3.29. The molecule has 20 heavy (non-hydrogen) atoms. The number of likely N-dealkylation sites (N-methyl/N-ethyl adjacent to an activating group) is 1. The van der Waals surface area contributed by atoms with Crippen LogP contribution in [0.3, 0.4) is 0 Å². The van der Waals surface area contributed by atoms with Gasteiger partial charge in [0.05, 0.1) is 0 Å². The maximum absolute atomic E-state index is 11.1. The molecule has 1 N–H and O–H groups in total. The van der Waals surface area contributed by atoms with Crippen molar-refractivity contribution in [1.82, 2.24) is 5.32 Å². The van der Waals surface area contributed by atoms with Crippen LogP contribution >= 0.6 is 15.9 Å². The van der Waals surface area contributed by atoms with Gasteiger partial charge < -0.3 is 14.5 Å². The Labute approximate surface area is 124 Å². The number of halogens is 1. The molecule has 2 aromatic rings. The molecule has 0 spiro atoms. The number of ether oxygens (including phenoxy) is 1. The summed E-state index contributed by atoms with van der Waals surface area (Å²) in [6, 6.07) is 8.55. The lowest BCUT2D eigenvalue weighted by molar-refractivity contribution is -0.122. The lowest BCUT2D eigenvalue weighted by Crippen LogP contribution is -2.24. The number of carbonyl (C=O) groups excluding carboxylic acids is 2. The van der Waals surface area contributed by atoms with Gasteiger partial charge in [0.1, 0.15) is 11.5 Å². The highest BCUT2D eigenvalue weighted by Gasteiger charge is 2.10. The normalized spacial score (nSPS) is 10.1. The van der Waals surface area contributed by atoms with Crippen LogP contribution in [0, 0.1) is 0 Å². The number of carbonyl (C=O) groups is 2. The zero-order valence-corrected chi connectivity index (χ0v) is 12.3. The summed E-state index contributed by atoms with van der Waals surface area (Å²) in [5.41, 5.74) is 0.743. The van der Waals surface area contributed by atoms with Gasteiger partial charge in [0.2, 0.25) is 0 Å². The Balaban J connectivity index is 2.24. The minimum Gasteiger partial charge on any atom is -0.484 e. The summed E-state index contributed by atoms with van der Waals surface area (Å²) in [6.45, 7) is -0.0602. The molecule has 0 aliphatic carbocycles. The van der Waals surface area contributed by atoms with Crippen molar-refractivity contribution in [3.63, 3.8) is 0 Å². The average Bonchev–Trinajstić information content (AvgIpc) is 2.94. The first-order valence-corrected chi connectivity index (χ1v) is 6.61. The fourth-order valence-corrected chi connectivity index (χ4v) is 2.01. The molecule has 0 aliphatic heterocycles. The lowest BCUT2D eigenvalue weighted by Gasteiger charge is -2.08. The van der Waals surface area contributed by atoms with Crippen molar-refractivity contribution in [1.29, 1.82) is 0 Å². The van der Waals surface area contributed by atoms with E-state index in [0.29, 0.717) is 17.8 Å². The van der Waals surface area contributed by atoms with E-state index in [0.717, 1.165) is 10.0 Å². The predicted octanol–water partition coefficient (Wildman–Crippen LogP) is 2.65. The van der Waals surface area contributed by atoms with E-state index in [-0.39, 0.29) is 18.3 Å². The Kier molecular flexibility index (Phi) is 4.57. The molecule has 1 amide bonds. The highest BCUT2D eigenvalue weighted by molar-refractivity contribution is 9.10. The molecular weight excluding hydrogens is 326 g/mol. The molecule has 1 aromatic carbocycles. The largest absolute Gasteiger partial charge is 0.484 e. The van der Waals surface area contributed by atoms with E-state index in [9.17, 15) is 9.59 Å². The van der Waals surface area contributed by atoms with Crippen LogP contribution in [0.25, 0.3) is 11.3 Å². The van der Waals surface area contributed by atoms with Crippen LogP contribution in [0.4, 0.5) is 0 Å². The first-order chi connectivity index (χ1) is 9.63.